The Labute approximate surface area is 96.2 Å². The van der Waals surface area contributed by atoms with Gasteiger partial charge in [-0.2, -0.15) is 5.10 Å². The Hall–Kier alpha value is -0.680. The molecule has 0 atom stereocenters. The average molecular weight is 273 g/mol. The fraction of sp³-hybridized carbons (Fsp3) is 0.600. The Morgan fingerprint density at radius 3 is 2.93 bits per heavy atom. The van der Waals surface area contributed by atoms with E-state index in [0.29, 0.717) is 10.4 Å². The zero-order chi connectivity index (χ0) is 10.7. The highest BCUT2D eigenvalue weighted by Crippen LogP contribution is 2.19. The number of hydrogen-bond donors (Lipinski definition) is 1. The van der Waals surface area contributed by atoms with Crippen molar-refractivity contribution in [3.8, 4) is 0 Å². The molecular weight excluding hydrogens is 260 g/mol. The van der Waals surface area contributed by atoms with Gasteiger partial charge < -0.3 is 4.74 Å². The first-order valence-corrected chi connectivity index (χ1v) is 5.87. The molecule has 1 saturated heterocycles. The lowest BCUT2D eigenvalue weighted by atomic mass is 9.95. The lowest BCUT2D eigenvalue weighted by Crippen LogP contribution is -2.19. The quantitative estimate of drug-likeness (QED) is 0.888. The van der Waals surface area contributed by atoms with Gasteiger partial charge in [0.2, 0.25) is 0 Å². The topological polar surface area (TPSA) is 55.0 Å². The van der Waals surface area contributed by atoms with Crippen molar-refractivity contribution in [2.24, 2.45) is 5.92 Å². The van der Waals surface area contributed by atoms with Crippen LogP contribution in [0.5, 0.6) is 0 Å². The molecule has 0 aromatic carbocycles. The number of rotatable bonds is 2. The molecule has 1 aromatic rings. The van der Waals surface area contributed by atoms with E-state index in [1.807, 2.05) is 0 Å². The van der Waals surface area contributed by atoms with Crippen molar-refractivity contribution in [3.63, 3.8) is 0 Å². The first-order valence-electron chi connectivity index (χ1n) is 5.07. The van der Waals surface area contributed by atoms with Crippen molar-refractivity contribution >= 4 is 15.9 Å². The van der Waals surface area contributed by atoms with Gasteiger partial charge in [0, 0.05) is 13.2 Å². The minimum absolute atomic E-state index is 0.175. The van der Waals surface area contributed by atoms with Crippen LogP contribution in [0.4, 0.5) is 0 Å². The second-order valence-corrected chi connectivity index (χ2v) is 4.65. The molecule has 0 amide bonds. The second kappa shape index (κ2) is 4.90. The van der Waals surface area contributed by atoms with Crippen LogP contribution in [0.3, 0.4) is 0 Å². The molecule has 2 rings (SSSR count). The van der Waals surface area contributed by atoms with Crippen molar-refractivity contribution in [3.05, 3.63) is 26.6 Å². The molecule has 1 aromatic heterocycles. The molecule has 0 saturated carbocycles. The molecule has 0 spiro atoms. The van der Waals surface area contributed by atoms with Crippen molar-refractivity contribution in [1.29, 1.82) is 0 Å². The molecule has 1 aliphatic heterocycles. The largest absolute Gasteiger partial charge is 0.381 e. The summed E-state index contributed by atoms with van der Waals surface area (Å²) >= 11 is 3.20. The summed E-state index contributed by atoms with van der Waals surface area (Å²) in [6, 6.07) is 1.80. The average Bonchev–Trinajstić information content (AvgIpc) is 2.25. The van der Waals surface area contributed by atoms with Gasteiger partial charge in [0.05, 0.1) is 10.2 Å². The third-order valence-electron chi connectivity index (χ3n) is 2.65. The summed E-state index contributed by atoms with van der Waals surface area (Å²) in [5.41, 5.74) is 0.763. The molecule has 15 heavy (non-hydrogen) atoms. The Morgan fingerprint density at radius 2 is 2.27 bits per heavy atom. The number of hydrogen-bond acceptors (Lipinski definition) is 3. The van der Waals surface area contributed by atoms with E-state index in [-0.39, 0.29) is 5.56 Å². The Kier molecular flexibility index (Phi) is 3.53. The SMILES string of the molecule is O=c1[nH]nc(CC2CCOCC2)cc1Br. The standard InChI is InChI=1S/C10H13BrN2O2/c11-9-6-8(12-13-10(9)14)5-7-1-3-15-4-2-7/h6-7H,1-5H2,(H,13,14). The number of ether oxygens (including phenoxy) is 1. The van der Waals surface area contributed by atoms with Crippen LogP contribution in [0.25, 0.3) is 0 Å². The van der Waals surface area contributed by atoms with Gasteiger partial charge in [-0.3, -0.25) is 4.79 Å². The van der Waals surface area contributed by atoms with Crippen LogP contribution in [0, 0.1) is 5.92 Å². The molecule has 0 unspecified atom stereocenters. The van der Waals surface area contributed by atoms with E-state index in [4.69, 9.17) is 4.74 Å². The van der Waals surface area contributed by atoms with Crippen LogP contribution in [0.1, 0.15) is 18.5 Å². The highest BCUT2D eigenvalue weighted by Gasteiger charge is 2.15. The van der Waals surface area contributed by atoms with E-state index < -0.39 is 0 Å². The summed E-state index contributed by atoms with van der Waals surface area (Å²) in [4.78, 5) is 11.1. The molecule has 4 nitrogen and oxygen atoms in total. The van der Waals surface area contributed by atoms with Crippen molar-refractivity contribution in [2.45, 2.75) is 19.3 Å². The first kappa shape index (κ1) is 10.8. The van der Waals surface area contributed by atoms with Crippen LogP contribution >= 0.6 is 15.9 Å². The lowest BCUT2D eigenvalue weighted by molar-refractivity contribution is 0.0662. The highest BCUT2D eigenvalue weighted by molar-refractivity contribution is 9.10. The van der Waals surface area contributed by atoms with E-state index in [1.54, 1.807) is 6.07 Å². The van der Waals surface area contributed by atoms with Crippen molar-refractivity contribution in [2.75, 3.05) is 13.2 Å². The van der Waals surface area contributed by atoms with E-state index in [1.165, 1.54) is 0 Å². The van der Waals surface area contributed by atoms with Gasteiger partial charge in [-0.25, -0.2) is 5.10 Å². The van der Waals surface area contributed by atoms with Gasteiger partial charge in [-0.05, 0) is 47.2 Å². The molecule has 2 heterocycles. The van der Waals surface area contributed by atoms with Gasteiger partial charge in [-0.1, -0.05) is 0 Å². The fourth-order valence-corrected chi connectivity index (χ4v) is 2.12. The van der Waals surface area contributed by atoms with E-state index in [0.717, 1.165) is 38.2 Å². The third kappa shape index (κ3) is 2.89. The minimum Gasteiger partial charge on any atom is -0.381 e. The Bertz CT molecular complexity index is 385. The minimum atomic E-state index is -0.175. The summed E-state index contributed by atoms with van der Waals surface area (Å²) in [6.07, 6.45) is 3.08. The summed E-state index contributed by atoms with van der Waals surface area (Å²) in [6.45, 7) is 1.68. The maximum absolute atomic E-state index is 11.1. The number of aromatic amines is 1. The number of nitrogens with zero attached hydrogens (tertiary/aromatic N) is 1. The van der Waals surface area contributed by atoms with E-state index >= 15 is 0 Å². The van der Waals surface area contributed by atoms with Gasteiger partial charge in [0.15, 0.2) is 0 Å². The number of aromatic nitrogens is 2. The summed E-state index contributed by atoms with van der Waals surface area (Å²) in [7, 11) is 0. The van der Waals surface area contributed by atoms with Crippen molar-refractivity contribution < 1.29 is 4.74 Å². The monoisotopic (exact) mass is 272 g/mol. The zero-order valence-electron chi connectivity index (χ0n) is 8.33. The normalized spacial score (nSPS) is 17.9. The molecule has 0 aliphatic carbocycles. The zero-order valence-corrected chi connectivity index (χ0v) is 9.92. The smallest absolute Gasteiger partial charge is 0.278 e. The molecule has 1 N–H and O–H groups in total. The summed E-state index contributed by atoms with van der Waals surface area (Å²) in [5.74, 6) is 0.629. The van der Waals surface area contributed by atoms with Crippen LogP contribution in [-0.2, 0) is 11.2 Å². The molecule has 0 bridgehead atoms. The van der Waals surface area contributed by atoms with Gasteiger partial charge >= 0.3 is 0 Å². The van der Waals surface area contributed by atoms with Crippen LogP contribution in [0.2, 0.25) is 0 Å². The van der Waals surface area contributed by atoms with Gasteiger partial charge in [-0.15, -0.1) is 0 Å². The van der Waals surface area contributed by atoms with E-state index in [2.05, 4.69) is 26.1 Å². The predicted molar refractivity (Wildman–Crippen MR) is 59.8 cm³/mol. The first-order chi connectivity index (χ1) is 7.25. The molecule has 5 heteroatoms. The molecule has 1 aliphatic rings. The Morgan fingerprint density at radius 1 is 1.53 bits per heavy atom. The molecule has 82 valence electrons. The van der Waals surface area contributed by atoms with Gasteiger partial charge in [0.25, 0.3) is 5.56 Å². The number of halogens is 1. The van der Waals surface area contributed by atoms with Gasteiger partial charge in [0.1, 0.15) is 0 Å². The molecule has 1 fully saturated rings. The second-order valence-electron chi connectivity index (χ2n) is 3.80. The lowest BCUT2D eigenvalue weighted by Gasteiger charge is -2.21. The maximum atomic E-state index is 11.1. The van der Waals surface area contributed by atoms with Crippen LogP contribution in [0.15, 0.2) is 15.3 Å². The number of nitrogens with one attached hydrogen (secondary N) is 1. The fourth-order valence-electron chi connectivity index (χ4n) is 1.77. The Balaban J connectivity index is 2.03. The molecular formula is C10H13BrN2O2. The van der Waals surface area contributed by atoms with Crippen LogP contribution < -0.4 is 5.56 Å². The number of H-pyrrole nitrogens is 1. The summed E-state index contributed by atoms with van der Waals surface area (Å²) < 4.78 is 5.85. The maximum Gasteiger partial charge on any atom is 0.278 e. The predicted octanol–water partition coefficient (Wildman–Crippen LogP) is 1.50. The van der Waals surface area contributed by atoms with Crippen LogP contribution in [-0.4, -0.2) is 23.4 Å². The highest BCUT2D eigenvalue weighted by atomic mass is 79.9. The van der Waals surface area contributed by atoms with Crippen molar-refractivity contribution in [1.82, 2.24) is 10.2 Å². The molecule has 0 radical (unpaired) electrons. The third-order valence-corrected chi connectivity index (χ3v) is 3.24. The summed E-state index contributed by atoms with van der Waals surface area (Å²) in [5, 5.41) is 6.50. The van der Waals surface area contributed by atoms with E-state index in [9.17, 15) is 4.79 Å².